The van der Waals surface area contributed by atoms with E-state index in [4.69, 9.17) is 4.74 Å². The molecule has 0 atom stereocenters. The molecular weight excluding hydrogens is 352 g/mol. The number of amides is 2. The fourth-order valence-corrected chi connectivity index (χ4v) is 2.87. The molecule has 0 spiro atoms. The van der Waals surface area contributed by atoms with Crippen LogP contribution in [0, 0.1) is 0 Å². The van der Waals surface area contributed by atoms with Gasteiger partial charge in [0.1, 0.15) is 6.54 Å². The van der Waals surface area contributed by atoms with Crippen LogP contribution < -0.4 is 0 Å². The molecule has 0 aliphatic rings. The maximum absolute atomic E-state index is 12.7. The largest absolute Gasteiger partial charge is 0.383 e. The van der Waals surface area contributed by atoms with Gasteiger partial charge in [-0.15, -0.1) is 11.3 Å². The molecule has 0 aliphatic carbocycles. The van der Waals surface area contributed by atoms with Crippen LogP contribution in [0.25, 0.3) is 6.08 Å². The van der Waals surface area contributed by atoms with Crippen molar-refractivity contribution < 1.29 is 19.1 Å². The number of ether oxygens (including phenoxy) is 1. The fraction of sp³-hybridized carbons (Fsp3) is 0.211. The Labute approximate surface area is 156 Å². The van der Waals surface area contributed by atoms with Gasteiger partial charge in [-0.3, -0.25) is 14.4 Å². The topological polar surface area (TPSA) is 66.9 Å². The smallest absolute Gasteiger partial charge is 0.282 e. The molecule has 1 aromatic carbocycles. The molecule has 1 radical (unpaired) electrons. The van der Waals surface area contributed by atoms with Gasteiger partial charge in [0.2, 0.25) is 6.29 Å². The molecule has 0 saturated carbocycles. The van der Waals surface area contributed by atoms with Crippen LogP contribution in [0.2, 0.25) is 0 Å². The van der Waals surface area contributed by atoms with Crippen molar-refractivity contribution in [1.82, 2.24) is 10.0 Å². The normalized spacial score (nSPS) is 10.7. The number of hydrogen-bond donors (Lipinski definition) is 0. The maximum Gasteiger partial charge on any atom is 0.282 e. The summed E-state index contributed by atoms with van der Waals surface area (Å²) in [5.74, 6) is -0.855. The van der Waals surface area contributed by atoms with E-state index in [1.165, 1.54) is 29.5 Å². The molecule has 1 heterocycles. The highest BCUT2D eigenvalue weighted by Crippen LogP contribution is 2.14. The molecule has 2 rings (SSSR count). The van der Waals surface area contributed by atoms with Gasteiger partial charge in [-0.1, -0.05) is 36.4 Å². The maximum atomic E-state index is 12.7. The van der Waals surface area contributed by atoms with Gasteiger partial charge in [0.25, 0.3) is 11.8 Å². The van der Waals surface area contributed by atoms with Gasteiger partial charge in [-0.05, 0) is 23.1 Å². The van der Waals surface area contributed by atoms with E-state index in [0.717, 1.165) is 10.6 Å². The number of carbonyl (C=O) groups is 2. The number of thiophene rings is 1. The molecule has 6 nitrogen and oxygen atoms in total. The minimum absolute atomic E-state index is 0.139. The zero-order valence-corrected chi connectivity index (χ0v) is 15.1. The van der Waals surface area contributed by atoms with Gasteiger partial charge in [0.05, 0.1) is 18.0 Å². The first-order chi connectivity index (χ1) is 12.7. The number of hydrazine groups is 1. The van der Waals surface area contributed by atoms with Crippen molar-refractivity contribution in [2.45, 2.75) is 0 Å². The summed E-state index contributed by atoms with van der Waals surface area (Å²) >= 11 is 1.26. The highest BCUT2D eigenvalue weighted by Gasteiger charge is 2.26. The average Bonchev–Trinajstić information content (AvgIpc) is 3.21. The summed E-state index contributed by atoms with van der Waals surface area (Å²) in [5.41, 5.74) is 0.837. The van der Waals surface area contributed by atoms with Crippen LogP contribution in [0.5, 0.6) is 0 Å². The minimum atomic E-state index is -0.488. The third kappa shape index (κ3) is 5.37. The number of nitrogens with zero attached hydrogens (tertiary/aromatic N) is 2. The molecule has 2 aromatic rings. The number of carbonyl (C=O) groups excluding carboxylic acids is 3. The lowest BCUT2D eigenvalue weighted by Gasteiger charge is -2.32. The van der Waals surface area contributed by atoms with Gasteiger partial charge < -0.3 is 4.74 Å². The molecule has 1 aromatic heterocycles. The van der Waals surface area contributed by atoms with Crippen molar-refractivity contribution in [3.8, 4) is 0 Å². The fourth-order valence-electron chi connectivity index (χ4n) is 2.20. The van der Waals surface area contributed by atoms with Crippen molar-refractivity contribution in [2.24, 2.45) is 0 Å². The Bertz CT molecular complexity index is 744. The van der Waals surface area contributed by atoms with E-state index in [1.807, 2.05) is 30.3 Å². The number of hydrogen-bond acceptors (Lipinski definition) is 5. The SMILES string of the molecule is COCCN(C(=O)c1cccs1)N(C[C]=O)C(=O)C=Cc1ccccc1. The molecule has 135 valence electrons. The Morgan fingerprint density at radius 1 is 1.15 bits per heavy atom. The van der Waals surface area contributed by atoms with Gasteiger partial charge in [-0.2, -0.15) is 0 Å². The zero-order chi connectivity index (χ0) is 18.8. The van der Waals surface area contributed by atoms with Crippen LogP contribution in [0.15, 0.2) is 53.9 Å². The summed E-state index contributed by atoms with van der Waals surface area (Å²) < 4.78 is 5.03. The first kappa shape index (κ1) is 19.6. The van der Waals surface area contributed by atoms with Crippen molar-refractivity contribution in [3.05, 3.63) is 64.4 Å². The second-order valence-electron chi connectivity index (χ2n) is 5.18. The van der Waals surface area contributed by atoms with Crippen LogP contribution in [-0.2, 0) is 14.3 Å². The monoisotopic (exact) mass is 371 g/mol. The molecule has 0 unspecified atom stereocenters. The van der Waals surface area contributed by atoms with E-state index in [1.54, 1.807) is 29.9 Å². The summed E-state index contributed by atoms with van der Waals surface area (Å²) in [6.45, 7) is 0.0147. The van der Waals surface area contributed by atoms with Crippen LogP contribution in [0.3, 0.4) is 0 Å². The quantitative estimate of drug-likeness (QED) is 0.528. The van der Waals surface area contributed by atoms with Crippen LogP contribution in [0.4, 0.5) is 0 Å². The molecule has 0 saturated heterocycles. The van der Waals surface area contributed by atoms with E-state index in [9.17, 15) is 14.4 Å². The molecule has 0 aliphatic heterocycles. The molecule has 7 heteroatoms. The first-order valence-corrected chi connectivity index (χ1v) is 8.79. The summed E-state index contributed by atoms with van der Waals surface area (Å²) in [6.07, 6.45) is 4.65. The summed E-state index contributed by atoms with van der Waals surface area (Å²) in [4.78, 5) is 36.8. The lowest BCUT2D eigenvalue weighted by Crippen LogP contribution is -2.51. The Morgan fingerprint density at radius 3 is 2.54 bits per heavy atom. The van der Waals surface area contributed by atoms with Crippen LogP contribution in [-0.4, -0.2) is 54.9 Å². The molecular formula is C19H19N2O4S. The molecule has 2 amide bonds. The second kappa shape index (κ2) is 10.3. The van der Waals surface area contributed by atoms with E-state index in [2.05, 4.69) is 0 Å². The van der Waals surface area contributed by atoms with Crippen LogP contribution in [0.1, 0.15) is 15.2 Å². The number of rotatable bonds is 8. The summed E-state index contributed by atoms with van der Waals surface area (Å²) in [6, 6.07) is 12.7. The highest BCUT2D eigenvalue weighted by molar-refractivity contribution is 7.12. The molecule has 26 heavy (non-hydrogen) atoms. The van der Waals surface area contributed by atoms with E-state index in [-0.39, 0.29) is 25.6 Å². The Hall–Kier alpha value is -2.77. The second-order valence-corrected chi connectivity index (χ2v) is 6.13. The van der Waals surface area contributed by atoms with Crippen molar-refractivity contribution in [2.75, 3.05) is 26.8 Å². The third-order valence-corrected chi connectivity index (χ3v) is 4.31. The zero-order valence-electron chi connectivity index (χ0n) is 14.3. The predicted octanol–water partition coefficient (Wildman–Crippen LogP) is 2.40. The van der Waals surface area contributed by atoms with Crippen molar-refractivity contribution in [3.63, 3.8) is 0 Å². The van der Waals surface area contributed by atoms with Gasteiger partial charge in [0, 0.05) is 13.2 Å². The first-order valence-electron chi connectivity index (χ1n) is 7.91. The summed E-state index contributed by atoms with van der Waals surface area (Å²) in [7, 11) is 1.50. The average molecular weight is 371 g/mol. The highest BCUT2D eigenvalue weighted by atomic mass is 32.1. The molecule has 0 fully saturated rings. The van der Waals surface area contributed by atoms with E-state index in [0.29, 0.717) is 4.88 Å². The Balaban J connectivity index is 2.23. The van der Waals surface area contributed by atoms with Gasteiger partial charge >= 0.3 is 0 Å². The standard InChI is InChI=1S/C19H19N2O4S/c1-25-14-12-21(19(24)17-8-5-15-26-17)20(11-13-22)18(23)10-9-16-6-3-2-4-7-16/h2-10,15H,11-12,14H2,1H3. The van der Waals surface area contributed by atoms with E-state index >= 15 is 0 Å². The molecule has 0 bridgehead atoms. The Morgan fingerprint density at radius 2 is 1.92 bits per heavy atom. The minimum Gasteiger partial charge on any atom is -0.383 e. The van der Waals surface area contributed by atoms with Gasteiger partial charge in [-0.25, -0.2) is 10.0 Å². The van der Waals surface area contributed by atoms with Crippen LogP contribution >= 0.6 is 11.3 Å². The van der Waals surface area contributed by atoms with E-state index < -0.39 is 5.91 Å². The Kier molecular flexibility index (Phi) is 7.73. The van der Waals surface area contributed by atoms with Crippen molar-refractivity contribution in [1.29, 1.82) is 0 Å². The molecule has 0 N–H and O–H groups in total. The lowest BCUT2D eigenvalue weighted by molar-refractivity contribution is -0.138. The predicted molar refractivity (Wildman–Crippen MR) is 100 cm³/mol. The lowest BCUT2D eigenvalue weighted by atomic mass is 10.2. The summed E-state index contributed by atoms with van der Waals surface area (Å²) in [5, 5.41) is 4.07. The van der Waals surface area contributed by atoms with Gasteiger partial charge in [0.15, 0.2) is 0 Å². The number of benzene rings is 1. The number of methoxy groups -OCH3 is 1. The third-order valence-electron chi connectivity index (χ3n) is 3.45. The van der Waals surface area contributed by atoms with Crippen molar-refractivity contribution >= 4 is 35.5 Å².